The first kappa shape index (κ1) is 20.8. The Morgan fingerprint density at radius 2 is 1.76 bits per heavy atom. The van der Waals surface area contributed by atoms with Crippen molar-refractivity contribution in [3.05, 3.63) is 70.6 Å². The standard InChI is InChI=1S/C20H17NO6S2/c1-2-27-13-7-9-14(10-8-13)29(25,26)21-17-11-18(28-12-19(22)23)20(24)16-6-4-3-5-15(16)17/h3-11H,2,12H2,1H3,(H,22,23)/b21-17-. The lowest BCUT2D eigenvalue weighted by atomic mass is 9.94. The number of hydrogen-bond donors (Lipinski definition) is 1. The van der Waals surface area contributed by atoms with Crippen LogP contribution in [0.2, 0.25) is 0 Å². The number of sulfonamides is 1. The van der Waals surface area contributed by atoms with Gasteiger partial charge in [0.1, 0.15) is 5.75 Å². The zero-order valence-corrected chi connectivity index (χ0v) is 17.0. The maximum atomic E-state index is 12.8. The van der Waals surface area contributed by atoms with Gasteiger partial charge in [0.2, 0.25) is 0 Å². The van der Waals surface area contributed by atoms with Gasteiger partial charge in [-0.15, -0.1) is 11.8 Å². The van der Waals surface area contributed by atoms with E-state index in [1.165, 1.54) is 18.2 Å². The van der Waals surface area contributed by atoms with Crippen LogP contribution in [-0.4, -0.2) is 43.3 Å². The van der Waals surface area contributed by atoms with Crippen LogP contribution >= 0.6 is 11.8 Å². The minimum atomic E-state index is -4.06. The number of Topliss-reactive ketones (excluding diaryl/α,β-unsaturated/α-hetero) is 1. The topological polar surface area (TPSA) is 110 Å². The Kier molecular flexibility index (Phi) is 6.19. The van der Waals surface area contributed by atoms with Crippen LogP contribution in [0.5, 0.6) is 5.75 Å². The second-order valence-corrected chi connectivity index (χ2v) is 8.54. The van der Waals surface area contributed by atoms with Gasteiger partial charge in [-0.05, 0) is 37.3 Å². The number of thioether (sulfide) groups is 1. The fourth-order valence-corrected chi connectivity index (χ4v) is 4.39. The number of fused-ring (bicyclic) bond motifs is 1. The van der Waals surface area contributed by atoms with E-state index in [0.29, 0.717) is 17.9 Å². The number of carboxylic acids is 1. The van der Waals surface area contributed by atoms with Gasteiger partial charge in [0.25, 0.3) is 10.0 Å². The molecule has 2 aromatic carbocycles. The molecule has 2 aromatic rings. The molecule has 1 aliphatic rings. The van der Waals surface area contributed by atoms with Gasteiger partial charge in [0.15, 0.2) is 5.78 Å². The molecule has 0 aromatic heterocycles. The number of aliphatic carboxylic acids is 1. The Morgan fingerprint density at radius 3 is 2.38 bits per heavy atom. The van der Waals surface area contributed by atoms with Crippen LogP contribution in [0, 0.1) is 0 Å². The van der Waals surface area contributed by atoms with Crippen LogP contribution in [0.3, 0.4) is 0 Å². The number of carbonyl (C=O) groups is 2. The monoisotopic (exact) mass is 431 g/mol. The van der Waals surface area contributed by atoms with Crippen molar-refractivity contribution in [1.82, 2.24) is 0 Å². The van der Waals surface area contributed by atoms with E-state index in [0.717, 1.165) is 11.8 Å². The second kappa shape index (κ2) is 8.62. The summed E-state index contributed by atoms with van der Waals surface area (Å²) in [6.07, 6.45) is 1.32. The molecule has 3 rings (SSSR count). The average molecular weight is 431 g/mol. The number of nitrogens with zero attached hydrogens (tertiary/aromatic N) is 1. The van der Waals surface area contributed by atoms with Gasteiger partial charge in [0, 0.05) is 11.1 Å². The van der Waals surface area contributed by atoms with E-state index in [2.05, 4.69) is 4.40 Å². The molecule has 1 N–H and O–H groups in total. The number of benzene rings is 2. The molecule has 0 unspecified atom stereocenters. The van der Waals surface area contributed by atoms with Crippen molar-refractivity contribution in [3.63, 3.8) is 0 Å². The third kappa shape index (κ3) is 4.75. The van der Waals surface area contributed by atoms with Gasteiger partial charge < -0.3 is 9.84 Å². The highest BCUT2D eigenvalue weighted by Crippen LogP contribution is 2.29. The molecular formula is C20H17NO6S2. The number of allylic oxidation sites excluding steroid dienone is 2. The number of ether oxygens (including phenoxy) is 1. The van der Waals surface area contributed by atoms with Crippen LogP contribution in [0.25, 0.3) is 0 Å². The van der Waals surface area contributed by atoms with Gasteiger partial charge >= 0.3 is 5.97 Å². The predicted octanol–water partition coefficient (Wildman–Crippen LogP) is 3.16. The lowest BCUT2D eigenvalue weighted by Gasteiger charge is -2.16. The van der Waals surface area contributed by atoms with Crippen molar-refractivity contribution in [2.75, 3.05) is 12.4 Å². The van der Waals surface area contributed by atoms with Crippen molar-refractivity contribution in [1.29, 1.82) is 0 Å². The summed E-state index contributed by atoms with van der Waals surface area (Å²) in [6.45, 7) is 2.28. The maximum absolute atomic E-state index is 12.8. The molecule has 9 heteroatoms. The lowest BCUT2D eigenvalue weighted by Crippen LogP contribution is -2.18. The van der Waals surface area contributed by atoms with Gasteiger partial charge in [-0.25, -0.2) is 0 Å². The fourth-order valence-electron chi connectivity index (χ4n) is 2.68. The highest BCUT2D eigenvalue weighted by atomic mass is 32.2. The number of carboxylic acid groups (broad SMARTS) is 1. The zero-order valence-electron chi connectivity index (χ0n) is 15.4. The average Bonchev–Trinajstić information content (AvgIpc) is 2.69. The van der Waals surface area contributed by atoms with Crippen LogP contribution in [0.1, 0.15) is 22.8 Å². The summed E-state index contributed by atoms with van der Waals surface area (Å²) in [4.78, 5) is 23.6. The van der Waals surface area contributed by atoms with Gasteiger partial charge in [-0.3, -0.25) is 9.59 Å². The van der Waals surface area contributed by atoms with Gasteiger partial charge in [0.05, 0.1) is 27.9 Å². The first-order valence-electron chi connectivity index (χ1n) is 8.60. The molecule has 0 bridgehead atoms. The quantitative estimate of drug-likeness (QED) is 0.717. The van der Waals surface area contributed by atoms with E-state index in [9.17, 15) is 18.0 Å². The molecule has 0 amide bonds. The molecule has 7 nitrogen and oxygen atoms in total. The molecule has 29 heavy (non-hydrogen) atoms. The lowest BCUT2D eigenvalue weighted by molar-refractivity contribution is -0.133. The first-order valence-corrected chi connectivity index (χ1v) is 11.0. The smallest absolute Gasteiger partial charge is 0.313 e. The van der Waals surface area contributed by atoms with Crippen LogP contribution in [0.4, 0.5) is 0 Å². The summed E-state index contributed by atoms with van der Waals surface area (Å²) in [5.41, 5.74) is 0.747. The highest BCUT2D eigenvalue weighted by Gasteiger charge is 2.26. The fraction of sp³-hybridized carbons (Fsp3) is 0.150. The summed E-state index contributed by atoms with van der Waals surface area (Å²) >= 11 is 0.830. The van der Waals surface area contributed by atoms with Crippen molar-refractivity contribution >= 4 is 39.2 Å². The predicted molar refractivity (Wildman–Crippen MR) is 110 cm³/mol. The third-order valence-corrected chi connectivity index (χ3v) is 6.25. The highest BCUT2D eigenvalue weighted by molar-refractivity contribution is 8.04. The second-order valence-electron chi connectivity index (χ2n) is 5.92. The van der Waals surface area contributed by atoms with Crippen molar-refractivity contribution in [3.8, 4) is 5.75 Å². The van der Waals surface area contributed by atoms with Crippen LogP contribution in [0.15, 0.2) is 68.8 Å². The van der Waals surface area contributed by atoms with E-state index < -0.39 is 16.0 Å². The van der Waals surface area contributed by atoms with E-state index in [-0.39, 0.29) is 32.6 Å². The Bertz CT molecular complexity index is 1120. The van der Waals surface area contributed by atoms with Crippen LogP contribution in [-0.2, 0) is 14.8 Å². The Balaban J connectivity index is 2.04. The van der Waals surface area contributed by atoms with E-state index >= 15 is 0 Å². The van der Waals surface area contributed by atoms with Gasteiger partial charge in [-0.1, -0.05) is 24.3 Å². The molecule has 0 fully saturated rings. The van der Waals surface area contributed by atoms with Crippen LogP contribution < -0.4 is 4.74 Å². The summed E-state index contributed by atoms with van der Waals surface area (Å²) in [6, 6.07) is 12.4. The minimum absolute atomic E-state index is 0.0176. The summed E-state index contributed by atoms with van der Waals surface area (Å²) in [7, 11) is -4.06. The van der Waals surface area contributed by atoms with E-state index in [4.69, 9.17) is 9.84 Å². The largest absolute Gasteiger partial charge is 0.494 e. The van der Waals surface area contributed by atoms with Crippen molar-refractivity contribution in [2.45, 2.75) is 11.8 Å². The normalized spacial score (nSPS) is 15.0. The molecule has 1 aliphatic carbocycles. The molecule has 0 saturated carbocycles. The van der Waals surface area contributed by atoms with E-state index in [1.807, 2.05) is 6.92 Å². The molecule has 0 radical (unpaired) electrons. The SMILES string of the molecule is CCOc1ccc(S(=O)(=O)/N=C2/C=C(SCC(=O)O)C(=O)c3ccccc32)cc1. The Hall–Kier alpha value is -2.91. The molecule has 0 spiro atoms. The third-order valence-electron chi connectivity index (χ3n) is 3.94. The van der Waals surface area contributed by atoms with Crippen molar-refractivity contribution < 1.29 is 27.9 Å². The first-order chi connectivity index (χ1) is 13.8. The summed E-state index contributed by atoms with van der Waals surface area (Å²) in [5, 5.41) is 8.89. The summed E-state index contributed by atoms with van der Waals surface area (Å²) < 4.78 is 34.8. The molecular weight excluding hydrogens is 414 g/mol. The Morgan fingerprint density at radius 1 is 1.10 bits per heavy atom. The maximum Gasteiger partial charge on any atom is 0.313 e. The molecule has 0 aliphatic heterocycles. The number of ketones is 1. The van der Waals surface area contributed by atoms with Crippen molar-refractivity contribution in [2.24, 2.45) is 4.40 Å². The number of hydrogen-bond acceptors (Lipinski definition) is 6. The molecule has 150 valence electrons. The summed E-state index contributed by atoms with van der Waals surface area (Å²) in [5.74, 6) is -1.22. The van der Waals surface area contributed by atoms with E-state index in [1.54, 1.807) is 36.4 Å². The zero-order chi connectivity index (χ0) is 21.0. The number of carbonyl (C=O) groups excluding carboxylic acids is 1. The minimum Gasteiger partial charge on any atom is -0.494 e. The molecule has 0 heterocycles. The Labute approximate surface area is 172 Å². The van der Waals surface area contributed by atoms with Gasteiger partial charge in [-0.2, -0.15) is 12.8 Å². The number of rotatable bonds is 7. The molecule has 0 saturated heterocycles. The molecule has 0 atom stereocenters.